The first-order chi connectivity index (χ1) is 7.40. The summed E-state index contributed by atoms with van der Waals surface area (Å²) in [6.07, 6.45) is 2.02. The Morgan fingerprint density at radius 1 is 1.29 bits per heavy atom. The predicted octanol–water partition coefficient (Wildman–Crippen LogP) is 1.09. The molecule has 5 heteroatoms. The topological polar surface area (TPSA) is 50.4 Å². The molecule has 2 aliphatic heterocycles. The summed E-state index contributed by atoms with van der Waals surface area (Å²) in [5, 5.41) is 6.62. The van der Waals surface area contributed by atoms with Gasteiger partial charge in [0.2, 0.25) is 0 Å². The Morgan fingerprint density at radius 2 is 1.94 bits per heavy atom. The maximum absolute atomic E-state index is 11.8. The normalized spacial score (nSPS) is 26.9. The third-order valence-corrected chi connectivity index (χ3v) is 3.38. The van der Waals surface area contributed by atoms with E-state index in [1.807, 2.05) is 20.8 Å². The summed E-state index contributed by atoms with van der Waals surface area (Å²) < 4.78 is 5.38. The molecule has 0 saturated carbocycles. The number of rotatable bonds is 1. The second-order valence-electron chi connectivity index (χ2n) is 6.11. The highest BCUT2D eigenvalue weighted by molar-refractivity contribution is 5.85. The van der Waals surface area contributed by atoms with Crippen molar-refractivity contribution in [1.29, 1.82) is 0 Å². The Labute approximate surface area is 109 Å². The molecule has 0 bridgehead atoms. The fraction of sp³-hybridized carbons (Fsp3) is 0.917. The molecule has 2 fully saturated rings. The quantitative estimate of drug-likeness (QED) is 0.695. The monoisotopic (exact) mass is 262 g/mol. The average Bonchev–Trinajstić information content (AvgIpc) is 2.13. The van der Waals surface area contributed by atoms with Crippen LogP contribution in [0.4, 0.5) is 0 Å². The lowest BCUT2D eigenvalue weighted by atomic mass is 9.74. The molecular formula is C12H23ClN2O2. The molecule has 1 unspecified atom stereocenters. The van der Waals surface area contributed by atoms with E-state index in [2.05, 4.69) is 10.6 Å². The van der Waals surface area contributed by atoms with Crippen molar-refractivity contribution in [3.8, 4) is 0 Å². The Kier molecular flexibility index (Phi) is 4.44. The first-order valence-electron chi connectivity index (χ1n) is 6.07. The number of nitrogens with one attached hydrogen (secondary N) is 2. The number of ether oxygens (including phenoxy) is 1. The van der Waals surface area contributed by atoms with E-state index in [0.717, 1.165) is 32.5 Å². The zero-order valence-corrected chi connectivity index (χ0v) is 11.7. The lowest BCUT2D eigenvalue weighted by molar-refractivity contribution is -0.159. The van der Waals surface area contributed by atoms with E-state index in [1.54, 1.807) is 0 Å². The fourth-order valence-corrected chi connectivity index (χ4v) is 2.34. The van der Waals surface area contributed by atoms with Crippen LogP contribution in [0.2, 0.25) is 0 Å². The number of carbonyl (C=O) groups excluding carboxylic acids is 1. The van der Waals surface area contributed by atoms with E-state index >= 15 is 0 Å². The van der Waals surface area contributed by atoms with Crippen LogP contribution in [0.15, 0.2) is 0 Å². The summed E-state index contributed by atoms with van der Waals surface area (Å²) >= 11 is 0. The Balaban J connectivity index is 0.00000144. The van der Waals surface area contributed by atoms with Gasteiger partial charge in [0.15, 0.2) is 0 Å². The van der Waals surface area contributed by atoms with Crippen molar-refractivity contribution >= 4 is 18.4 Å². The molecule has 0 aliphatic carbocycles. The highest BCUT2D eigenvalue weighted by Gasteiger charge is 2.42. The van der Waals surface area contributed by atoms with Crippen LogP contribution in [0, 0.1) is 5.41 Å². The van der Waals surface area contributed by atoms with E-state index in [1.165, 1.54) is 0 Å². The van der Waals surface area contributed by atoms with E-state index in [9.17, 15) is 4.79 Å². The van der Waals surface area contributed by atoms with Gasteiger partial charge in [0.05, 0.1) is 0 Å². The molecule has 4 nitrogen and oxygen atoms in total. The van der Waals surface area contributed by atoms with E-state index in [0.29, 0.717) is 5.41 Å². The van der Waals surface area contributed by atoms with E-state index in [-0.39, 0.29) is 30.0 Å². The number of halogens is 1. The molecule has 0 radical (unpaired) electrons. The highest BCUT2D eigenvalue weighted by atomic mass is 35.5. The van der Waals surface area contributed by atoms with Crippen LogP contribution < -0.4 is 10.6 Å². The summed E-state index contributed by atoms with van der Waals surface area (Å²) in [6.45, 7) is 8.83. The zero-order chi connectivity index (χ0) is 11.8. The van der Waals surface area contributed by atoms with Gasteiger partial charge in [-0.25, -0.2) is 0 Å². The third kappa shape index (κ3) is 3.57. The largest absolute Gasteiger partial charge is 0.459 e. The standard InChI is InChI=1S/C12H22N2O2.ClH/c1-11(2,3)16-10(15)9-4-5-12(8-14-9)6-13-7-12;/h9,13-14H,4-8H2,1-3H3;1H. The Bertz CT molecular complexity index is 275. The summed E-state index contributed by atoms with van der Waals surface area (Å²) in [5.41, 5.74) is 0.0322. The van der Waals surface area contributed by atoms with Gasteiger partial charge < -0.3 is 15.4 Å². The minimum atomic E-state index is -0.383. The lowest BCUT2D eigenvalue weighted by Crippen LogP contribution is -2.63. The molecule has 2 aliphatic rings. The van der Waals surface area contributed by atoms with Crippen LogP contribution in [0.1, 0.15) is 33.6 Å². The first kappa shape index (κ1) is 14.7. The molecule has 2 rings (SSSR count). The summed E-state index contributed by atoms with van der Waals surface area (Å²) in [5.74, 6) is -0.102. The minimum Gasteiger partial charge on any atom is -0.459 e. The molecule has 1 spiro atoms. The molecule has 2 heterocycles. The SMILES string of the molecule is CC(C)(C)OC(=O)C1CCC2(CNC2)CN1.Cl. The molecule has 0 aromatic rings. The second kappa shape index (κ2) is 5.12. The molecule has 0 aromatic heterocycles. The average molecular weight is 263 g/mol. The molecule has 1 atom stereocenters. The van der Waals surface area contributed by atoms with Crippen molar-refractivity contribution in [1.82, 2.24) is 10.6 Å². The van der Waals surface area contributed by atoms with Gasteiger partial charge in [-0.15, -0.1) is 12.4 Å². The van der Waals surface area contributed by atoms with Gasteiger partial charge in [0.25, 0.3) is 0 Å². The van der Waals surface area contributed by atoms with Crippen LogP contribution in [0.25, 0.3) is 0 Å². The number of esters is 1. The van der Waals surface area contributed by atoms with Crippen molar-refractivity contribution in [2.45, 2.75) is 45.3 Å². The van der Waals surface area contributed by atoms with E-state index < -0.39 is 0 Å². The molecule has 2 saturated heterocycles. The van der Waals surface area contributed by atoms with Gasteiger partial charge in [-0.05, 0) is 33.6 Å². The van der Waals surface area contributed by atoms with Crippen LogP contribution in [-0.2, 0) is 9.53 Å². The fourth-order valence-electron chi connectivity index (χ4n) is 2.34. The number of hydrogen-bond donors (Lipinski definition) is 2. The summed E-state index contributed by atoms with van der Waals surface area (Å²) in [6, 6.07) is -0.106. The number of piperidine rings is 1. The molecule has 0 aromatic carbocycles. The smallest absolute Gasteiger partial charge is 0.323 e. The first-order valence-corrected chi connectivity index (χ1v) is 6.07. The van der Waals surface area contributed by atoms with Crippen LogP contribution in [0.3, 0.4) is 0 Å². The van der Waals surface area contributed by atoms with Crippen LogP contribution >= 0.6 is 12.4 Å². The number of hydrogen-bond acceptors (Lipinski definition) is 4. The Morgan fingerprint density at radius 3 is 2.29 bits per heavy atom. The molecule has 0 amide bonds. The predicted molar refractivity (Wildman–Crippen MR) is 69.4 cm³/mol. The summed E-state index contributed by atoms with van der Waals surface area (Å²) in [4.78, 5) is 11.8. The maximum atomic E-state index is 11.8. The van der Waals surface area contributed by atoms with Crippen LogP contribution in [-0.4, -0.2) is 37.2 Å². The molecule has 17 heavy (non-hydrogen) atoms. The van der Waals surface area contributed by atoms with Gasteiger partial charge in [-0.2, -0.15) is 0 Å². The van der Waals surface area contributed by atoms with Gasteiger partial charge in [0.1, 0.15) is 11.6 Å². The molecule has 2 N–H and O–H groups in total. The van der Waals surface area contributed by atoms with Crippen molar-refractivity contribution in [2.75, 3.05) is 19.6 Å². The van der Waals surface area contributed by atoms with Gasteiger partial charge in [-0.3, -0.25) is 4.79 Å². The minimum absolute atomic E-state index is 0. The molecule has 100 valence electrons. The summed E-state index contributed by atoms with van der Waals surface area (Å²) in [7, 11) is 0. The van der Waals surface area contributed by atoms with Crippen molar-refractivity contribution in [3.05, 3.63) is 0 Å². The van der Waals surface area contributed by atoms with Gasteiger partial charge in [-0.1, -0.05) is 0 Å². The molecular weight excluding hydrogens is 240 g/mol. The number of carbonyl (C=O) groups is 1. The van der Waals surface area contributed by atoms with E-state index in [4.69, 9.17) is 4.74 Å². The highest BCUT2D eigenvalue weighted by Crippen LogP contribution is 2.32. The third-order valence-electron chi connectivity index (χ3n) is 3.38. The van der Waals surface area contributed by atoms with Gasteiger partial charge >= 0.3 is 5.97 Å². The zero-order valence-electron chi connectivity index (χ0n) is 10.8. The Hall–Kier alpha value is -0.320. The van der Waals surface area contributed by atoms with Gasteiger partial charge in [0, 0.05) is 25.0 Å². The maximum Gasteiger partial charge on any atom is 0.323 e. The van der Waals surface area contributed by atoms with Crippen molar-refractivity contribution < 1.29 is 9.53 Å². The van der Waals surface area contributed by atoms with Crippen molar-refractivity contribution in [2.24, 2.45) is 5.41 Å². The van der Waals surface area contributed by atoms with Crippen molar-refractivity contribution in [3.63, 3.8) is 0 Å². The van der Waals surface area contributed by atoms with Crippen LogP contribution in [0.5, 0.6) is 0 Å². The second-order valence-corrected chi connectivity index (χ2v) is 6.11. The lowest BCUT2D eigenvalue weighted by Gasteiger charge is -2.47.